The number of nitrogens with zero attached hydrogens (tertiary/aromatic N) is 5. The largest absolute Gasteiger partial charge is 0.573 e. The number of amides is 3. The standard InChI is InChI=1S/C25H15Cl2F3N6O3S/c26-15-3-10-20(19(27)11-15)36-21(37)12-40-24(36)33-23(38)32-16-4-1-14(2-5-16)22-31-13-35(34-22)17-6-8-18(9-7-17)39-25(28,29)30/h1-11,13H,12H2,(H,32,38)/b33-24-. The SMILES string of the molecule is O=C(/N=C1\SCC(=O)N1c1ccc(Cl)cc1Cl)Nc1ccc(-c2ncn(-c3ccc(OC(F)(F)F)cc3)n2)cc1. The molecule has 3 amide bonds. The Labute approximate surface area is 238 Å². The average molecular weight is 607 g/mol. The van der Waals surface area contributed by atoms with Crippen LogP contribution in [-0.2, 0) is 4.79 Å². The number of hydrogen-bond donors (Lipinski definition) is 1. The van der Waals surface area contributed by atoms with Gasteiger partial charge in [0.25, 0.3) is 0 Å². The van der Waals surface area contributed by atoms with Gasteiger partial charge < -0.3 is 10.1 Å². The number of aliphatic imine (C=N–C) groups is 1. The molecule has 0 atom stereocenters. The topological polar surface area (TPSA) is 102 Å². The smallest absolute Gasteiger partial charge is 0.406 e. The van der Waals surface area contributed by atoms with Crippen molar-refractivity contribution in [2.75, 3.05) is 16.0 Å². The number of carbonyl (C=O) groups excluding carboxylic acids is 2. The first-order valence-electron chi connectivity index (χ1n) is 11.2. The summed E-state index contributed by atoms with van der Waals surface area (Å²) in [6, 6.07) is 15.7. The molecule has 0 bridgehead atoms. The van der Waals surface area contributed by atoms with Crippen molar-refractivity contribution in [2.24, 2.45) is 4.99 Å². The first-order valence-corrected chi connectivity index (χ1v) is 13.0. The van der Waals surface area contributed by atoms with E-state index in [-0.39, 0.29) is 27.6 Å². The maximum Gasteiger partial charge on any atom is 0.573 e. The summed E-state index contributed by atoms with van der Waals surface area (Å²) in [6.07, 6.45) is -3.36. The lowest BCUT2D eigenvalue weighted by molar-refractivity contribution is -0.274. The number of rotatable bonds is 5. The van der Waals surface area contributed by atoms with Gasteiger partial charge in [-0.1, -0.05) is 35.0 Å². The predicted molar refractivity (Wildman–Crippen MR) is 146 cm³/mol. The highest BCUT2D eigenvalue weighted by Gasteiger charge is 2.32. The van der Waals surface area contributed by atoms with Gasteiger partial charge in [-0.3, -0.25) is 9.69 Å². The second kappa shape index (κ2) is 11.2. The van der Waals surface area contributed by atoms with Crippen molar-refractivity contribution in [3.05, 3.63) is 83.1 Å². The lowest BCUT2D eigenvalue weighted by atomic mass is 10.2. The third-order valence-electron chi connectivity index (χ3n) is 5.33. The van der Waals surface area contributed by atoms with Crippen LogP contribution in [-0.4, -0.2) is 44.0 Å². The number of carbonyl (C=O) groups is 2. The monoisotopic (exact) mass is 606 g/mol. The second-order valence-corrected chi connectivity index (χ2v) is 9.86. The molecular weight excluding hydrogens is 592 g/mol. The summed E-state index contributed by atoms with van der Waals surface area (Å²) in [5, 5.41) is 7.81. The zero-order chi connectivity index (χ0) is 28.4. The number of alkyl halides is 3. The van der Waals surface area contributed by atoms with Gasteiger partial charge >= 0.3 is 12.4 Å². The van der Waals surface area contributed by atoms with Crippen molar-refractivity contribution in [1.82, 2.24) is 14.8 Å². The number of thioether (sulfide) groups is 1. The summed E-state index contributed by atoms with van der Waals surface area (Å²) in [6.45, 7) is 0. The van der Waals surface area contributed by atoms with E-state index in [9.17, 15) is 22.8 Å². The number of benzene rings is 3. The Morgan fingerprint density at radius 1 is 1.05 bits per heavy atom. The molecule has 40 heavy (non-hydrogen) atoms. The van der Waals surface area contributed by atoms with E-state index in [1.54, 1.807) is 36.4 Å². The number of amidine groups is 1. The molecule has 5 rings (SSSR count). The normalized spacial score (nSPS) is 14.6. The number of urea groups is 1. The molecule has 0 spiro atoms. The molecule has 15 heteroatoms. The predicted octanol–water partition coefficient (Wildman–Crippen LogP) is 6.81. The van der Waals surface area contributed by atoms with Gasteiger partial charge in [0, 0.05) is 16.3 Å². The molecule has 4 aromatic rings. The maximum atomic E-state index is 12.6. The summed E-state index contributed by atoms with van der Waals surface area (Å²) >= 11 is 13.3. The molecule has 1 aliphatic rings. The third kappa shape index (κ3) is 6.38. The number of hydrogen-bond acceptors (Lipinski definition) is 6. The fourth-order valence-electron chi connectivity index (χ4n) is 3.61. The Balaban J connectivity index is 1.25. The number of halogens is 5. The van der Waals surface area contributed by atoms with Gasteiger partial charge in [-0.15, -0.1) is 18.3 Å². The van der Waals surface area contributed by atoms with Crippen LogP contribution in [0, 0.1) is 0 Å². The van der Waals surface area contributed by atoms with E-state index in [2.05, 4.69) is 25.1 Å². The van der Waals surface area contributed by atoms with Crippen molar-refractivity contribution in [3.63, 3.8) is 0 Å². The molecule has 1 aromatic heterocycles. The molecule has 3 aromatic carbocycles. The van der Waals surface area contributed by atoms with Crippen LogP contribution in [0.1, 0.15) is 0 Å². The van der Waals surface area contributed by atoms with Crippen LogP contribution < -0.4 is 15.0 Å². The molecule has 0 aliphatic carbocycles. The van der Waals surface area contributed by atoms with Gasteiger partial charge in [-0.25, -0.2) is 14.5 Å². The molecule has 1 saturated heterocycles. The zero-order valence-electron chi connectivity index (χ0n) is 19.9. The van der Waals surface area contributed by atoms with Crippen molar-refractivity contribution in [3.8, 4) is 22.8 Å². The summed E-state index contributed by atoms with van der Waals surface area (Å²) < 4.78 is 42.4. The van der Waals surface area contributed by atoms with Gasteiger partial charge in [0.05, 0.1) is 22.2 Å². The minimum absolute atomic E-state index is 0.102. The summed E-state index contributed by atoms with van der Waals surface area (Å²) in [4.78, 5) is 34.6. The molecular formula is C25H15Cl2F3N6O3S. The van der Waals surface area contributed by atoms with Crippen molar-refractivity contribution < 1.29 is 27.5 Å². The molecule has 0 unspecified atom stereocenters. The summed E-state index contributed by atoms with van der Waals surface area (Å²) in [7, 11) is 0. The molecule has 1 N–H and O–H groups in total. The highest BCUT2D eigenvalue weighted by Crippen LogP contribution is 2.34. The van der Waals surface area contributed by atoms with Gasteiger partial charge in [0.1, 0.15) is 12.1 Å². The van der Waals surface area contributed by atoms with E-state index in [0.717, 1.165) is 11.8 Å². The lowest BCUT2D eigenvalue weighted by Gasteiger charge is -2.17. The Morgan fingerprint density at radius 2 is 1.77 bits per heavy atom. The van der Waals surface area contributed by atoms with E-state index in [0.29, 0.717) is 33.5 Å². The van der Waals surface area contributed by atoms with Crippen LogP contribution in [0.4, 0.5) is 29.3 Å². The number of aromatic nitrogens is 3. The van der Waals surface area contributed by atoms with Gasteiger partial charge in [0.15, 0.2) is 11.0 Å². The zero-order valence-corrected chi connectivity index (χ0v) is 22.2. The average Bonchev–Trinajstić information content (AvgIpc) is 3.52. The van der Waals surface area contributed by atoms with E-state index in [1.807, 2.05) is 0 Å². The minimum atomic E-state index is -4.78. The van der Waals surface area contributed by atoms with E-state index in [4.69, 9.17) is 23.2 Å². The van der Waals surface area contributed by atoms with E-state index < -0.39 is 12.4 Å². The quantitative estimate of drug-likeness (QED) is 0.268. The van der Waals surface area contributed by atoms with Crippen LogP contribution in [0.3, 0.4) is 0 Å². The fraction of sp³-hybridized carbons (Fsp3) is 0.0800. The van der Waals surface area contributed by atoms with Crippen LogP contribution in [0.2, 0.25) is 10.0 Å². The lowest BCUT2D eigenvalue weighted by Crippen LogP contribution is -2.30. The minimum Gasteiger partial charge on any atom is -0.406 e. The Bertz CT molecular complexity index is 1610. The molecule has 0 radical (unpaired) electrons. The van der Waals surface area contributed by atoms with Crippen molar-refractivity contribution in [1.29, 1.82) is 0 Å². The van der Waals surface area contributed by atoms with Gasteiger partial charge in [-0.2, -0.15) is 4.99 Å². The van der Waals surface area contributed by atoms with Gasteiger partial charge in [-0.05, 0) is 66.7 Å². The summed E-state index contributed by atoms with van der Waals surface area (Å²) in [5.74, 6) is -0.169. The number of ether oxygens (including phenoxy) is 1. The Hall–Kier alpha value is -4.07. The van der Waals surface area contributed by atoms with Crippen molar-refractivity contribution in [2.45, 2.75) is 6.36 Å². The number of anilines is 2. The molecule has 9 nitrogen and oxygen atoms in total. The molecule has 1 aliphatic heterocycles. The maximum absolute atomic E-state index is 12.6. The van der Waals surface area contributed by atoms with Crippen LogP contribution in [0.25, 0.3) is 17.1 Å². The molecule has 1 fully saturated rings. The Kier molecular flexibility index (Phi) is 7.70. The fourth-order valence-corrected chi connectivity index (χ4v) is 4.96. The number of nitrogens with one attached hydrogen (secondary N) is 1. The van der Waals surface area contributed by atoms with Crippen LogP contribution >= 0.6 is 35.0 Å². The highest BCUT2D eigenvalue weighted by molar-refractivity contribution is 8.15. The second-order valence-electron chi connectivity index (χ2n) is 8.07. The molecule has 204 valence electrons. The summed E-state index contributed by atoms with van der Waals surface area (Å²) in [5.41, 5.74) is 1.91. The van der Waals surface area contributed by atoms with E-state index >= 15 is 0 Å². The first kappa shape index (κ1) is 27.5. The van der Waals surface area contributed by atoms with Crippen LogP contribution in [0.15, 0.2) is 78.0 Å². The first-order chi connectivity index (χ1) is 19.1. The van der Waals surface area contributed by atoms with E-state index in [1.165, 1.54) is 46.2 Å². The molecule has 2 heterocycles. The highest BCUT2D eigenvalue weighted by atomic mass is 35.5. The van der Waals surface area contributed by atoms with Crippen LogP contribution in [0.5, 0.6) is 5.75 Å². The van der Waals surface area contributed by atoms with Crippen molar-refractivity contribution >= 4 is 63.4 Å². The Morgan fingerprint density at radius 3 is 2.45 bits per heavy atom. The molecule has 0 saturated carbocycles. The third-order valence-corrected chi connectivity index (χ3v) is 6.80. The van der Waals surface area contributed by atoms with Gasteiger partial charge in [0.2, 0.25) is 5.91 Å².